The van der Waals surface area contributed by atoms with E-state index in [1.165, 1.54) is 16.4 Å². The topological polar surface area (TPSA) is 55.0 Å². The van der Waals surface area contributed by atoms with Crippen molar-refractivity contribution in [1.29, 1.82) is 0 Å². The summed E-state index contributed by atoms with van der Waals surface area (Å²) >= 11 is 1.50. The highest BCUT2D eigenvalue weighted by molar-refractivity contribution is 7.05. The SMILES string of the molecule is Cc1nnsc1CN(C)C1CC(N)C1. The second kappa shape index (κ2) is 3.92. The summed E-state index contributed by atoms with van der Waals surface area (Å²) in [6, 6.07) is 1.08. The Balaban J connectivity index is 1.89. The van der Waals surface area contributed by atoms with E-state index in [9.17, 15) is 0 Å². The molecule has 0 radical (unpaired) electrons. The van der Waals surface area contributed by atoms with Gasteiger partial charge in [0.1, 0.15) is 0 Å². The first kappa shape index (κ1) is 10.0. The van der Waals surface area contributed by atoms with Crippen LogP contribution in [0.25, 0.3) is 0 Å². The molecule has 0 atom stereocenters. The molecule has 0 bridgehead atoms. The number of nitrogens with two attached hydrogens (primary N) is 1. The molecule has 0 aliphatic heterocycles. The van der Waals surface area contributed by atoms with Crippen LogP contribution in [-0.4, -0.2) is 33.6 Å². The van der Waals surface area contributed by atoms with Crippen molar-refractivity contribution in [3.63, 3.8) is 0 Å². The van der Waals surface area contributed by atoms with E-state index in [0.717, 1.165) is 25.1 Å². The van der Waals surface area contributed by atoms with Crippen LogP contribution >= 0.6 is 11.5 Å². The zero-order chi connectivity index (χ0) is 10.1. The summed E-state index contributed by atoms with van der Waals surface area (Å²) in [4.78, 5) is 3.62. The van der Waals surface area contributed by atoms with Crippen molar-refractivity contribution in [2.45, 2.75) is 38.4 Å². The summed E-state index contributed by atoms with van der Waals surface area (Å²) in [7, 11) is 2.15. The van der Waals surface area contributed by atoms with Gasteiger partial charge in [-0.25, -0.2) is 0 Å². The Morgan fingerprint density at radius 2 is 2.29 bits per heavy atom. The molecule has 2 N–H and O–H groups in total. The van der Waals surface area contributed by atoms with E-state index in [2.05, 4.69) is 21.5 Å². The molecule has 1 aliphatic carbocycles. The minimum absolute atomic E-state index is 0.420. The van der Waals surface area contributed by atoms with Gasteiger partial charge >= 0.3 is 0 Å². The van der Waals surface area contributed by atoms with Gasteiger partial charge in [0.05, 0.1) is 10.6 Å². The average molecular weight is 212 g/mol. The van der Waals surface area contributed by atoms with Crippen LogP contribution in [0.3, 0.4) is 0 Å². The van der Waals surface area contributed by atoms with Crippen molar-refractivity contribution < 1.29 is 0 Å². The van der Waals surface area contributed by atoms with Gasteiger partial charge in [-0.15, -0.1) is 5.10 Å². The maximum absolute atomic E-state index is 5.76. The standard InChI is InChI=1S/C9H16N4S/c1-6-9(14-12-11-6)5-13(2)8-3-7(10)4-8/h7-8H,3-5,10H2,1-2H3. The average Bonchev–Trinajstić information content (AvgIpc) is 2.46. The molecule has 1 aliphatic rings. The Morgan fingerprint density at radius 1 is 1.57 bits per heavy atom. The zero-order valence-electron chi connectivity index (χ0n) is 8.60. The molecular formula is C9H16N4S. The molecule has 1 heterocycles. The minimum Gasteiger partial charge on any atom is -0.328 e. The lowest BCUT2D eigenvalue weighted by atomic mass is 9.86. The van der Waals surface area contributed by atoms with Gasteiger partial charge in [0.2, 0.25) is 0 Å². The number of nitrogens with zero attached hydrogens (tertiary/aromatic N) is 3. The predicted octanol–water partition coefficient (Wildman–Crippen LogP) is 0.768. The molecule has 0 amide bonds. The third-order valence-corrected chi connectivity index (χ3v) is 3.72. The molecule has 14 heavy (non-hydrogen) atoms. The first-order valence-corrected chi connectivity index (χ1v) is 5.68. The summed E-state index contributed by atoms with van der Waals surface area (Å²) in [6.07, 6.45) is 2.25. The van der Waals surface area contributed by atoms with E-state index in [-0.39, 0.29) is 0 Å². The molecule has 0 unspecified atom stereocenters. The molecule has 0 spiro atoms. The summed E-state index contributed by atoms with van der Waals surface area (Å²) in [6.45, 7) is 2.97. The molecule has 5 heteroatoms. The van der Waals surface area contributed by atoms with E-state index in [4.69, 9.17) is 5.73 Å². The van der Waals surface area contributed by atoms with Crippen LogP contribution in [0.1, 0.15) is 23.4 Å². The van der Waals surface area contributed by atoms with E-state index in [0.29, 0.717) is 12.1 Å². The normalized spacial score (nSPS) is 26.6. The highest BCUT2D eigenvalue weighted by Crippen LogP contribution is 2.25. The van der Waals surface area contributed by atoms with Crippen LogP contribution in [0.2, 0.25) is 0 Å². The Hall–Kier alpha value is -0.520. The smallest absolute Gasteiger partial charge is 0.0769 e. The van der Waals surface area contributed by atoms with Crippen LogP contribution in [-0.2, 0) is 6.54 Å². The van der Waals surface area contributed by atoms with Crippen LogP contribution in [0.4, 0.5) is 0 Å². The molecule has 0 saturated heterocycles. The summed E-state index contributed by atoms with van der Waals surface area (Å²) < 4.78 is 3.93. The van der Waals surface area contributed by atoms with Gasteiger partial charge in [0.25, 0.3) is 0 Å². The fourth-order valence-electron chi connectivity index (χ4n) is 1.74. The number of rotatable bonds is 3. The molecule has 1 saturated carbocycles. The first-order valence-electron chi connectivity index (χ1n) is 4.90. The molecule has 78 valence electrons. The van der Waals surface area contributed by atoms with Gasteiger partial charge in [0, 0.05) is 18.6 Å². The molecule has 1 fully saturated rings. The fourth-order valence-corrected chi connectivity index (χ4v) is 2.44. The van der Waals surface area contributed by atoms with Crippen LogP contribution < -0.4 is 5.73 Å². The first-order chi connectivity index (χ1) is 6.66. The van der Waals surface area contributed by atoms with Gasteiger partial charge in [-0.05, 0) is 38.3 Å². The number of aromatic nitrogens is 2. The lowest BCUT2D eigenvalue weighted by Gasteiger charge is -2.39. The molecule has 4 nitrogen and oxygen atoms in total. The Bertz CT molecular complexity index is 306. The number of hydrogen-bond acceptors (Lipinski definition) is 5. The van der Waals surface area contributed by atoms with Crippen molar-refractivity contribution in [3.8, 4) is 0 Å². The second-order valence-electron chi connectivity index (χ2n) is 4.08. The van der Waals surface area contributed by atoms with Crippen molar-refractivity contribution in [1.82, 2.24) is 14.5 Å². The maximum atomic E-state index is 5.76. The number of aryl methyl sites for hydroxylation is 1. The fraction of sp³-hybridized carbons (Fsp3) is 0.778. The van der Waals surface area contributed by atoms with E-state index in [1.54, 1.807) is 0 Å². The van der Waals surface area contributed by atoms with Crippen molar-refractivity contribution in [2.24, 2.45) is 5.73 Å². The summed E-state index contributed by atoms with van der Waals surface area (Å²) in [5.41, 5.74) is 6.82. The summed E-state index contributed by atoms with van der Waals surface area (Å²) in [5, 5.41) is 4.00. The van der Waals surface area contributed by atoms with Crippen LogP contribution in [0.15, 0.2) is 0 Å². The van der Waals surface area contributed by atoms with Crippen LogP contribution in [0, 0.1) is 6.92 Å². The third kappa shape index (κ3) is 1.94. The van der Waals surface area contributed by atoms with Gasteiger partial charge < -0.3 is 5.73 Å². The lowest BCUT2D eigenvalue weighted by molar-refractivity contribution is 0.133. The highest BCUT2D eigenvalue weighted by Gasteiger charge is 2.29. The molecule has 1 aromatic rings. The highest BCUT2D eigenvalue weighted by atomic mass is 32.1. The molecule has 0 aromatic carbocycles. The Kier molecular flexibility index (Phi) is 2.80. The Labute approximate surface area is 88.3 Å². The minimum atomic E-state index is 0.420. The Morgan fingerprint density at radius 3 is 2.79 bits per heavy atom. The zero-order valence-corrected chi connectivity index (χ0v) is 9.42. The monoisotopic (exact) mass is 212 g/mol. The van der Waals surface area contributed by atoms with Gasteiger partial charge in [0.15, 0.2) is 0 Å². The van der Waals surface area contributed by atoms with Crippen molar-refractivity contribution in [3.05, 3.63) is 10.6 Å². The third-order valence-electron chi connectivity index (χ3n) is 2.91. The van der Waals surface area contributed by atoms with Gasteiger partial charge in [-0.1, -0.05) is 4.49 Å². The summed E-state index contributed by atoms with van der Waals surface area (Å²) in [5.74, 6) is 0. The van der Waals surface area contributed by atoms with E-state index in [1.807, 2.05) is 6.92 Å². The van der Waals surface area contributed by atoms with Crippen molar-refractivity contribution >= 4 is 11.5 Å². The lowest BCUT2D eigenvalue weighted by Crippen LogP contribution is -2.48. The van der Waals surface area contributed by atoms with E-state index < -0.39 is 0 Å². The maximum Gasteiger partial charge on any atom is 0.0769 e. The quantitative estimate of drug-likeness (QED) is 0.804. The second-order valence-corrected chi connectivity index (χ2v) is 4.92. The van der Waals surface area contributed by atoms with Crippen LogP contribution in [0.5, 0.6) is 0 Å². The van der Waals surface area contributed by atoms with E-state index >= 15 is 0 Å². The van der Waals surface area contributed by atoms with Crippen molar-refractivity contribution in [2.75, 3.05) is 7.05 Å². The molecular weight excluding hydrogens is 196 g/mol. The molecule has 1 aromatic heterocycles. The van der Waals surface area contributed by atoms with Gasteiger partial charge in [-0.2, -0.15) is 0 Å². The predicted molar refractivity (Wildman–Crippen MR) is 57.1 cm³/mol. The number of hydrogen-bond donors (Lipinski definition) is 1. The van der Waals surface area contributed by atoms with Gasteiger partial charge in [-0.3, -0.25) is 4.90 Å². The molecule has 2 rings (SSSR count). The largest absolute Gasteiger partial charge is 0.328 e.